The molecule has 0 heterocycles. The molecule has 11 heteroatoms. The van der Waals surface area contributed by atoms with Crippen LogP contribution in [0.1, 0.15) is 38.3 Å². The van der Waals surface area contributed by atoms with Crippen molar-refractivity contribution in [2.75, 3.05) is 24.0 Å². The van der Waals surface area contributed by atoms with Crippen LogP contribution in [0.4, 0.5) is 5.69 Å². The highest BCUT2D eigenvalue weighted by molar-refractivity contribution is 7.92. The fourth-order valence-electron chi connectivity index (χ4n) is 4.31. The number of rotatable bonds is 13. The monoisotopic (exact) mass is 619 g/mol. The number of aryl methyl sites for hydroxylation is 1. The molecule has 3 aromatic carbocycles. The molecule has 8 nitrogen and oxygen atoms in total. The third kappa shape index (κ3) is 7.93. The molecule has 0 saturated carbocycles. The molecule has 0 fully saturated rings. The van der Waals surface area contributed by atoms with Gasteiger partial charge in [-0.2, -0.15) is 0 Å². The Balaban J connectivity index is 2.08. The van der Waals surface area contributed by atoms with E-state index >= 15 is 0 Å². The number of hydrogen-bond acceptors (Lipinski definition) is 5. The van der Waals surface area contributed by atoms with Crippen molar-refractivity contribution in [2.45, 2.75) is 51.6 Å². The third-order valence-electron chi connectivity index (χ3n) is 6.45. The molecule has 0 bridgehead atoms. The number of sulfonamides is 1. The van der Waals surface area contributed by atoms with Gasteiger partial charge in [0.25, 0.3) is 10.0 Å². The maximum absolute atomic E-state index is 14.1. The van der Waals surface area contributed by atoms with Crippen LogP contribution in [0.5, 0.6) is 5.75 Å². The average molecular weight is 621 g/mol. The summed E-state index contributed by atoms with van der Waals surface area (Å²) in [6.45, 7) is 7.44. The molecule has 1 N–H and O–H groups in total. The minimum absolute atomic E-state index is 0.00852. The van der Waals surface area contributed by atoms with E-state index in [9.17, 15) is 18.0 Å². The van der Waals surface area contributed by atoms with E-state index in [0.717, 1.165) is 9.87 Å². The number of nitrogens with zero attached hydrogens (tertiary/aromatic N) is 2. The van der Waals surface area contributed by atoms with Gasteiger partial charge in [0, 0.05) is 28.7 Å². The highest BCUT2D eigenvalue weighted by Crippen LogP contribution is 2.29. The summed E-state index contributed by atoms with van der Waals surface area (Å²) in [5.74, 6) is -0.420. The number of ether oxygens (including phenoxy) is 1. The quantitative estimate of drug-likeness (QED) is 0.259. The molecule has 1 unspecified atom stereocenters. The van der Waals surface area contributed by atoms with Crippen LogP contribution in [0.2, 0.25) is 10.0 Å². The second kappa shape index (κ2) is 14.6. The zero-order valence-corrected chi connectivity index (χ0v) is 25.9. The molecule has 3 rings (SSSR count). The summed E-state index contributed by atoms with van der Waals surface area (Å²) in [7, 11) is -4.20. The summed E-state index contributed by atoms with van der Waals surface area (Å²) in [6, 6.07) is 16.9. The Hall–Kier alpha value is -3.27. The summed E-state index contributed by atoms with van der Waals surface area (Å²) in [4.78, 5) is 28.5. The number of nitrogens with one attached hydrogen (secondary N) is 1. The summed E-state index contributed by atoms with van der Waals surface area (Å²) in [5.41, 5.74) is 1.69. The van der Waals surface area contributed by atoms with Gasteiger partial charge in [0.2, 0.25) is 11.8 Å². The summed E-state index contributed by atoms with van der Waals surface area (Å²) in [6.07, 6.45) is 0.288. The van der Waals surface area contributed by atoms with Gasteiger partial charge < -0.3 is 15.0 Å². The van der Waals surface area contributed by atoms with Gasteiger partial charge in [-0.25, -0.2) is 8.42 Å². The van der Waals surface area contributed by atoms with Crippen LogP contribution in [-0.4, -0.2) is 50.9 Å². The number of carbonyl (C=O) groups is 2. The number of halogens is 2. The molecule has 2 amide bonds. The smallest absolute Gasteiger partial charge is 0.264 e. The predicted molar refractivity (Wildman–Crippen MR) is 163 cm³/mol. The molecule has 3 aromatic rings. The fourth-order valence-corrected chi connectivity index (χ4v) is 6.24. The maximum Gasteiger partial charge on any atom is 0.264 e. The molecule has 0 saturated heterocycles. The molecule has 0 radical (unpaired) electrons. The number of amides is 2. The Morgan fingerprint density at radius 3 is 2.07 bits per heavy atom. The Labute approximate surface area is 252 Å². The number of anilines is 1. The van der Waals surface area contributed by atoms with Gasteiger partial charge in [0.05, 0.1) is 17.2 Å². The highest BCUT2D eigenvalue weighted by Gasteiger charge is 2.34. The first-order valence-corrected chi connectivity index (χ1v) is 15.5. The molecule has 0 aliphatic heterocycles. The van der Waals surface area contributed by atoms with E-state index < -0.39 is 28.5 Å². The van der Waals surface area contributed by atoms with Crippen LogP contribution < -0.4 is 14.4 Å². The number of likely N-dealkylation sites (N-methyl/N-ethyl adjacent to an activating group) is 1. The van der Waals surface area contributed by atoms with Crippen molar-refractivity contribution in [3.8, 4) is 5.75 Å². The van der Waals surface area contributed by atoms with Crippen LogP contribution in [0.25, 0.3) is 0 Å². The van der Waals surface area contributed by atoms with Crippen molar-refractivity contribution < 1.29 is 22.7 Å². The van der Waals surface area contributed by atoms with E-state index in [0.29, 0.717) is 40.2 Å². The van der Waals surface area contributed by atoms with Crippen LogP contribution in [0.3, 0.4) is 0 Å². The lowest BCUT2D eigenvalue weighted by Crippen LogP contribution is -2.52. The van der Waals surface area contributed by atoms with Gasteiger partial charge in [-0.05, 0) is 75.7 Å². The molecular weight excluding hydrogens is 585 g/mol. The van der Waals surface area contributed by atoms with Crippen LogP contribution >= 0.6 is 23.2 Å². The Morgan fingerprint density at radius 1 is 0.927 bits per heavy atom. The lowest BCUT2D eigenvalue weighted by Gasteiger charge is -2.33. The first-order chi connectivity index (χ1) is 19.5. The van der Waals surface area contributed by atoms with Gasteiger partial charge in [-0.1, -0.05) is 53.9 Å². The van der Waals surface area contributed by atoms with Crippen molar-refractivity contribution >= 4 is 50.7 Å². The van der Waals surface area contributed by atoms with Crippen molar-refractivity contribution in [1.82, 2.24) is 10.2 Å². The van der Waals surface area contributed by atoms with Crippen molar-refractivity contribution in [3.63, 3.8) is 0 Å². The van der Waals surface area contributed by atoms with Crippen molar-refractivity contribution in [3.05, 3.63) is 87.9 Å². The van der Waals surface area contributed by atoms with Gasteiger partial charge >= 0.3 is 0 Å². The van der Waals surface area contributed by atoms with Gasteiger partial charge in [-0.15, -0.1) is 0 Å². The zero-order chi connectivity index (χ0) is 30.2. The summed E-state index contributed by atoms with van der Waals surface area (Å²) in [5, 5.41) is 3.43. The Morgan fingerprint density at radius 2 is 1.54 bits per heavy atom. The first kappa shape index (κ1) is 32.2. The van der Waals surface area contributed by atoms with Crippen LogP contribution in [0, 0.1) is 6.92 Å². The van der Waals surface area contributed by atoms with Crippen LogP contribution in [-0.2, 0) is 26.2 Å². The maximum atomic E-state index is 14.1. The fraction of sp³-hybridized carbons (Fsp3) is 0.333. The van der Waals surface area contributed by atoms with E-state index in [2.05, 4.69) is 5.32 Å². The first-order valence-electron chi connectivity index (χ1n) is 13.4. The van der Waals surface area contributed by atoms with Gasteiger partial charge in [0.1, 0.15) is 18.3 Å². The second-order valence-corrected chi connectivity index (χ2v) is 12.0. The van der Waals surface area contributed by atoms with Crippen LogP contribution in [0.15, 0.2) is 71.6 Å². The van der Waals surface area contributed by atoms with Crippen molar-refractivity contribution in [1.29, 1.82) is 0 Å². The molecule has 0 aromatic heterocycles. The lowest BCUT2D eigenvalue weighted by atomic mass is 10.1. The van der Waals surface area contributed by atoms with Gasteiger partial charge in [0.15, 0.2) is 0 Å². The number of hydrogen-bond donors (Lipinski definition) is 1. The summed E-state index contributed by atoms with van der Waals surface area (Å²) >= 11 is 12.9. The zero-order valence-electron chi connectivity index (χ0n) is 23.6. The molecule has 220 valence electrons. The average Bonchev–Trinajstić information content (AvgIpc) is 2.94. The summed E-state index contributed by atoms with van der Waals surface area (Å²) < 4.78 is 34.5. The minimum Gasteiger partial charge on any atom is -0.494 e. The van der Waals surface area contributed by atoms with Gasteiger partial charge in [-0.3, -0.25) is 13.9 Å². The minimum atomic E-state index is -4.20. The SMILES string of the molecule is CCNC(=O)C(CC)N(Cc1c(Cl)cccc1Cl)C(=O)CN(c1ccc(C)cc1)S(=O)(=O)c1ccc(OCC)cc1. The molecule has 0 spiro atoms. The predicted octanol–water partition coefficient (Wildman–Crippen LogP) is 5.84. The topological polar surface area (TPSA) is 96.0 Å². The van der Waals surface area contributed by atoms with E-state index in [4.69, 9.17) is 27.9 Å². The number of benzene rings is 3. The Kier molecular flexibility index (Phi) is 11.5. The standard InChI is InChI=1S/C30H35Cl2N3O5S/c1-5-28(30(37)33-6-2)34(19-25-26(31)9-8-10-27(25)32)29(36)20-35(22-13-11-21(4)12-14-22)41(38,39)24-17-15-23(16-18-24)40-7-3/h8-18,28H,5-7,19-20H2,1-4H3,(H,33,37). The van der Waals surface area contributed by atoms with E-state index in [-0.39, 0.29) is 23.8 Å². The molecule has 41 heavy (non-hydrogen) atoms. The Bertz CT molecular complexity index is 1430. The van der Waals surface area contributed by atoms with Crippen molar-refractivity contribution in [2.24, 2.45) is 0 Å². The highest BCUT2D eigenvalue weighted by atomic mass is 35.5. The largest absolute Gasteiger partial charge is 0.494 e. The molecule has 1 atom stereocenters. The molecule has 0 aliphatic rings. The normalized spacial score (nSPS) is 12.0. The second-order valence-electron chi connectivity index (χ2n) is 9.29. The van der Waals surface area contributed by atoms with E-state index in [1.165, 1.54) is 17.0 Å². The van der Waals surface area contributed by atoms with E-state index in [1.54, 1.807) is 68.4 Å². The third-order valence-corrected chi connectivity index (χ3v) is 8.95. The molecule has 0 aliphatic carbocycles. The molecular formula is C30H35Cl2N3O5S. The van der Waals surface area contributed by atoms with E-state index in [1.807, 2.05) is 13.8 Å². The number of carbonyl (C=O) groups excluding carboxylic acids is 2. The lowest BCUT2D eigenvalue weighted by molar-refractivity contribution is -0.140.